The zero-order chi connectivity index (χ0) is 24.9. The number of benzene rings is 1. The van der Waals surface area contributed by atoms with Gasteiger partial charge in [0.05, 0.1) is 29.1 Å². The Morgan fingerprint density at radius 1 is 1.06 bits per heavy atom. The minimum absolute atomic E-state index is 0.00742. The van der Waals surface area contributed by atoms with Crippen molar-refractivity contribution in [1.29, 1.82) is 0 Å². The third-order valence-corrected chi connectivity index (χ3v) is 5.39. The third kappa shape index (κ3) is 5.32. The number of ether oxygens (including phenoxy) is 1. The summed E-state index contributed by atoms with van der Waals surface area (Å²) in [5, 5.41) is 6.28. The normalized spacial score (nSPS) is 11.9. The number of aromatic nitrogens is 5. The van der Waals surface area contributed by atoms with E-state index in [1.165, 1.54) is 13.4 Å². The van der Waals surface area contributed by atoms with E-state index in [-0.39, 0.29) is 17.6 Å². The van der Waals surface area contributed by atoms with Gasteiger partial charge in [-0.05, 0) is 19.4 Å². The first-order chi connectivity index (χ1) is 16.9. The van der Waals surface area contributed by atoms with Gasteiger partial charge in [-0.3, -0.25) is 9.78 Å². The van der Waals surface area contributed by atoms with Crippen molar-refractivity contribution in [3.05, 3.63) is 66.1 Å². The monoisotopic (exact) mass is 475 g/mol. The van der Waals surface area contributed by atoms with Crippen LogP contribution < -0.4 is 15.4 Å². The van der Waals surface area contributed by atoms with Crippen LogP contribution in [0.4, 0.5) is 10.2 Å². The molecule has 0 fully saturated rings. The number of anilines is 1. The molecule has 3 heterocycles. The molecule has 0 bridgehead atoms. The van der Waals surface area contributed by atoms with Gasteiger partial charge < -0.3 is 15.4 Å². The molecule has 0 saturated carbocycles. The second kappa shape index (κ2) is 10.4. The Kier molecular flexibility index (Phi) is 7.09. The first kappa shape index (κ1) is 23.9. The zero-order valence-corrected chi connectivity index (χ0v) is 19.9. The molecule has 10 heteroatoms. The van der Waals surface area contributed by atoms with Crippen LogP contribution in [0.15, 0.2) is 49.2 Å². The molecule has 0 radical (unpaired) electrons. The Morgan fingerprint density at radius 3 is 2.54 bits per heavy atom. The molecule has 4 aromatic rings. The summed E-state index contributed by atoms with van der Waals surface area (Å²) in [7, 11) is 1.47. The summed E-state index contributed by atoms with van der Waals surface area (Å²) in [6, 6.07) is 7.56. The molecule has 9 nitrogen and oxygen atoms in total. The molecule has 2 N–H and O–H groups in total. The van der Waals surface area contributed by atoms with E-state index in [9.17, 15) is 9.18 Å². The number of halogens is 1. The Bertz CT molecular complexity index is 1350. The summed E-state index contributed by atoms with van der Waals surface area (Å²) in [6.07, 6.45) is 5.87. The Balaban J connectivity index is 1.52. The van der Waals surface area contributed by atoms with Crippen molar-refractivity contribution >= 4 is 22.6 Å². The number of carbonyl (C=O) groups excluding carboxylic acids is 1. The number of nitrogens with zero attached hydrogens (tertiary/aromatic N) is 5. The number of hydrogen-bond acceptors (Lipinski definition) is 8. The highest BCUT2D eigenvalue weighted by Gasteiger charge is 2.19. The van der Waals surface area contributed by atoms with E-state index in [0.717, 1.165) is 17.3 Å². The summed E-state index contributed by atoms with van der Waals surface area (Å²) < 4.78 is 19.8. The van der Waals surface area contributed by atoms with Gasteiger partial charge in [0.25, 0.3) is 5.91 Å². The highest BCUT2D eigenvalue weighted by molar-refractivity contribution is 6.06. The molecule has 0 aliphatic carbocycles. The predicted octanol–water partition coefficient (Wildman–Crippen LogP) is 3.98. The number of nitrogens with one attached hydrogen (secondary N) is 2. The minimum Gasteiger partial charge on any atom is -0.461 e. The van der Waals surface area contributed by atoms with Gasteiger partial charge in [-0.25, -0.2) is 24.3 Å². The Labute approximate surface area is 202 Å². The minimum atomic E-state index is -0.652. The number of hydrogen-bond donors (Lipinski definition) is 2. The van der Waals surface area contributed by atoms with Gasteiger partial charge in [0, 0.05) is 48.9 Å². The molecule has 0 aliphatic rings. The van der Waals surface area contributed by atoms with E-state index in [1.807, 2.05) is 32.9 Å². The lowest BCUT2D eigenvalue weighted by Gasteiger charge is -2.17. The molecule has 0 saturated heterocycles. The molecule has 1 atom stereocenters. The fourth-order valence-corrected chi connectivity index (χ4v) is 3.67. The van der Waals surface area contributed by atoms with Crippen LogP contribution in [-0.4, -0.2) is 50.5 Å². The fraction of sp³-hybridized carbons (Fsp3) is 0.280. The van der Waals surface area contributed by atoms with Gasteiger partial charge in [0.15, 0.2) is 5.82 Å². The van der Waals surface area contributed by atoms with E-state index >= 15 is 0 Å². The Morgan fingerprint density at radius 2 is 1.83 bits per heavy atom. The van der Waals surface area contributed by atoms with Crippen molar-refractivity contribution in [3.63, 3.8) is 0 Å². The van der Waals surface area contributed by atoms with Crippen LogP contribution in [0.2, 0.25) is 0 Å². The molecular weight excluding hydrogens is 449 g/mol. The summed E-state index contributed by atoms with van der Waals surface area (Å²) in [4.78, 5) is 33.6. The van der Waals surface area contributed by atoms with Crippen LogP contribution >= 0.6 is 0 Å². The van der Waals surface area contributed by atoms with E-state index in [4.69, 9.17) is 4.74 Å². The quantitative estimate of drug-likeness (QED) is 0.393. The number of carbonyl (C=O) groups is 1. The maximum atomic E-state index is 14.3. The molecule has 0 unspecified atom stereocenters. The van der Waals surface area contributed by atoms with Gasteiger partial charge in [-0.15, -0.1) is 0 Å². The van der Waals surface area contributed by atoms with Crippen LogP contribution in [0.5, 0.6) is 6.01 Å². The second-order valence-corrected chi connectivity index (χ2v) is 8.30. The second-order valence-electron chi connectivity index (χ2n) is 8.30. The molecule has 0 aliphatic heterocycles. The zero-order valence-electron chi connectivity index (χ0n) is 19.9. The van der Waals surface area contributed by atoms with Crippen LogP contribution in [0.3, 0.4) is 0 Å². The molecule has 4 rings (SSSR count). The average molecular weight is 476 g/mol. The van der Waals surface area contributed by atoms with Crippen molar-refractivity contribution in [1.82, 2.24) is 30.2 Å². The van der Waals surface area contributed by atoms with E-state index < -0.39 is 11.7 Å². The maximum Gasteiger partial charge on any atom is 0.316 e. The van der Waals surface area contributed by atoms with Crippen LogP contribution in [0, 0.1) is 5.82 Å². The lowest BCUT2D eigenvalue weighted by atomic mass is 9.96. The molecule has 35 heavy (non-hydrogen) atoms. The fourth-order valence-electron chi connectivity index (χ4n) is 3.67. The molecule has 180 valence electrons. The SMILES string of the molecule is CNC(=O)c1c(F)cnc2c([C@H](C)CNc3cc(-c4cnc(OC(C)C)nc4)ncn3)cccc12. The van der Waals surface area contributed by atoms with Crippen molar-refractivity contribution in [3.8, 4) is 17.3 Å². The van der Waals surface area contributed by atoms with Gasteiger partial charge in [0.1, 0.15) is 12.1 Å². The highest BCUT2D eigenvalue weighted by Crippen LogP contribution is 2.28. The third-order valence-electron chi connectivity index (χ3n) is 5.39. The van der Waals surface area contributed by atoms with Crippen LogP contribution in [0.1, 0.15) is 42.6 Å². The number of rotatable bonds is 8. The average Bonchev–Trinajstić information content (AvgIpc) is 2.86. The molecule has 1 aromatic carbocycles. The predicted molar refractivity (Wildman–Crippen MR) is 131 cm³/mol. The van der Waals surface area contributed by atoms with E-state index in [0.29, 0.717) is 35.0 Å². The summed E-state index contributed by atoms with van der Waals surface area (Å²) in [5.41, 5.74) is 2.88. The van der Waals surface area contributed by atoms with Crippen LogP contribution in [0.25, 0.3) is 22.2 Å². The summed E-state index contributed by atoms with van der Waals surface area (Å²) >= 11 is 0. The van der Waals surface area contributed by atoms with Gasteiger partial charge in [-0.1, -0.05) is 25.1 Å². The molecule has 1 amide bonds. The number of fused-ring (bicyclic) bond motifs is 1. The maximum absolute atomic E-state index is 14.3. The van der Waals surface area contributed by atoms with E-state index in [2.05, 4.69) is 35.6 Å². The summed E-state index contributed by atoms with van der Waals surface area (Å²) in [6.45, 7) is 6.37. The highest BCUT2D eigenvalue weighted by atomic mass is 19.1. The smallest absolute Gasteiger partial charge is 0.316 e. The molecule has 3 aromatic heterocycles. The first-order valence-electron chi connectivity index (χ1n) is 11.2. The van der Waals surface area contributed by atoms with E-state index in [1.54, 1.807) is 24.5 Å². The van der Waals surface area contributed by atoms with Crippen LogP contribution in [-0.2, 0) is 0 Å². The van der Waals surface area contributed by atoms with Gasteiger partial charge in [0.2, 0.25) is 0 Å². The van der Waals surface area contributed by atoms with Crippen molar-refractivity contribution < 1.29 is 13.9 Å². The largest absolute Gasteiger partial charge is 0.461 e. The van der Waals surface area contributed by atoms with Crippen molar-refractivity contribution in [2.24, 2.45) is 0 Å². The van der Waals surface area contributed by atoms with Gasteiger partial charge in [-0.2, -0.15) is 0 Å². The van der Waals surface area contributed by atoms with Gasteiger partial charge >= 0.3 is 6.01 Å². The van der Waals surface area contributed by atoms with Crippen molar-refractivity contribution in [2.45, 2.75) is 32.8 Å². The number of para-hydroxylation sites is 1. The number of amides is 1. The lowest BCUT2D eigenvalue weighted by Crippen LogP contribution is -2.20. The lowest BCUT2D eigenvalue weighted by molar-refractivity contribution is 0.0960. The first-order valence-corrected chi connectivity index (χ1v) is 11.2. The van der Waals surface area contributed by atoms with Crippen molar-refractivity contribution in [2.75, 3.05) is 18.9 Å². The molecular formula is C25H26FN7O2. The molecule has 0 spiro atoms. The standard InChI is InChI=1S/C25H26FN7O2/c1-14(2)35-25-30-10-16(11-31-25)20-8-21(33-13-32-20)28-9-15(3)17-6-5-7-18-22(24(34)27-4)19(26)12-29-23(17)18/h5-8,10-15H,9H2,1-4H3,(H,27,34)(H,28,32,33)/t15-/m1/s1. The topological polar surface area (TPSA) is 115 Å². The summed E-state index contributed by atoms with van der Waals surface area (Å²) in [5.74, 6) is -0.516. The Hall–Kier alpha value is -4.21. The number of pyridine rings is 1.